The largest absolute Gasteiger partial charge is 0.480 e. The molecule has 1 aliphatic heterocycles. The van der Waals surface area contributed by atoms with Crippen molar-refractivity contribution in [1.29, 1.82) is 0 Å². The average Bonchev–Trinajstić information content (AvgIpc) is 2.38. The third kappa shape index (κ3) is 3.17. The van der Waals surface area contributed by atoms with Crippen LogP contribution in [0.15, 0.2) is 18.2 Å². The summed E-state index contributed by atoms with van der Waals surface area (Å²) in [6.45, 7) is 6.33. The van der Waals surface area contributed by atoms with Gasteiger partial charge in [-0.2, -0.15) is 0 Å². The molecule has 0 radical (unpaired) electrons. The first-order valence-corrected chi connectivity index (χ1v) is 6.78. The number of amides is 1. The second kappa shape index (κ2) is 6.05. The molecule has 1 aromatic rings. The molecular formula is C15H20N2O3. The molecule has 0 unspecified atom stereocenters. The summed E-state index contributed by atoms with van der Waals surface area (Å²) in [5, 5.41) is 8.77. The molecule has 0 aromatic heterocycles. The summed E-state index contributed by atoms with van der Waals surface area (Å²) >= 11 is 0. The lowest BCUT2D eigenvalue weighted by molar-refractivity contribution is -0.138. The number of carboxylic acids is 1. The van der Waals surface area contributed by atoms with E-state index in [0.29, 0.717) is 26.2 Å². The molecule has 1 amide bonds. The molecule has 0 aliphatic carbocycles. The van der Waals surface area contributed by atoms with E-state index in [-0.39, 0.29) is 12.5 Å². The number of carboxylic acid groups (broad SMARTS) is 1. The highest BCUT2D eigenvalue weighted by Gasteiger charge is 2.24. The summed E-state index contributed by atoms with van der Waals surface area (Å²) in [6.07, 6.45) is 0. The number of piperazine rings is 1. The van der Waals surface area contributed by atoms with Gasteiger partial charge < -0.3 is 10.0 Å². The molecule has 1 aliphatic rings. The molecule has 1 fully saturated rings. The minimum atomic E-state index is -0.820. The van der Waals surface area contributed by atoms with Crippen LogP contribution in [0.5, 0.6) is 0 Å². The standard InChI is InChI=1S/C15H20N2O3/c1-11-4-3-5-12(2)14(11)15(20)17-8-6-16(7-9-17)10-13(18)19/h3-5H,6-10H2,1-2H3,(H,18,19). The second-order valence-electron chi connectivity index (χ2n) is 5.23. The highest BCUT2D eigenvalue weighted by Crippen LogP contribution is 2.17. The third-order valence-corrected chi connectivity index (χ3v) is 3.71. The fourth-order valence-electron chi connectivity index (χ4n) is 2.61. The smallest absolute Gasteiger partial charge is 0.317 e. The van der Waals surface area contributed by atoms with Crippen LogP contribution in [0.2, 0.25) is 0 Å². The van der Waals surface area contributed by atoms with Crippen LogP contribution in [0.1, 0.15) is 21.5 Å². The first-order chi connectivity index (χ1) is 9.49. The molecule has 0 atom stereocenters. The molecule has 2 rings (SSSR count). The van der Waals surface area contributed by atoms with Gasteiger partial charge in [-0.05, 0) is 25.0 Å². The van der Waals surface area contributed by atoms with E-state index in [1.165, 1.54) is 0 Å². The van der Waals surface area contributed by atoms with Crippen molar-refractivity contribution in [3.8, 4) is 0 Å². The first kappa shape index (κ1) is 14.5. The molecule has 0 spiro atoms. The molecule has 0 bridgehead atoms. The van der Waals surface area contributed by atoms with Crippen molar-refractivity contribution >= 4 is 11.9 Å². The fourth-order valence-corrected chi connectivity index (χ4v) is 2.61. The lowest BCUT2D eigenvalue weighted by Crippen LogP contribution is -2.50. The number of benzene rings is 1. The Kier molecular flexibility index (Phi) is 4.39. The number of rotatable bonds is 3. The van der Waals surface area contributed by atoms with Crippen LogP contribution in [0.25, 0.3) is 0 Å². The molecule has 1 saturated heterocycles. The molecule has 0 saturated carbocycles. The topological polar surface area (TPSA) is 60.9 Å². The Balaban J connectivity index is 2.04. The number of carbonyl (C=O) groups excluding carboxylic acids is 1. The Morgan fingerprint density at radius 2 is 1.65 bits per heavy atom. The minimum absolute atomic E-state index is 0.0470. The van der Waals surface area contributed by atoms with E-state index in [2.05, 4.69) is 0 Å². The Morgan fingerprint density at radius 1 is 1.10 bits per heavy atom. The first-order valence-electron chi connectivity index (χ1n) is 6.78. The summed E-state index contributed by atoms with van der Waals surface area (Å²) < 4.78 is 0. The molecule has 5 heteroatoms. The Hall–Kier alpha value is -1.88. The number of nitrogens with zero attached hydrogens (tertiary/aromatic N) is 2. The van der Waals surface area contributed by atoms with Gasteiger partial charge in [0.1, 0.15) is 0 Å². The molecule has 20 heavy (non-hydrogen) atoms. The van der Waals surface area contributed by atoms with Crippen LogP contribution in [-0.2, 0) is 4.79 Å². The number of aryl methyl sites for hydroxylation is 2. The monoisotopic (exact) mass is 276 g/mol. The lowest BCUT2D eigenvalue weighted by Gasteiger charge is -2.34. The van der Waals surface area contributed by atoms with Gasteiger partial charge in [0.2, 0.25) is 0 Å². The van der Waals surface area contributed by atoms with E-state index in [1.807, 2.05) is 41.8 Å². The lowest BCUT2D eigenvalue weighted by atomic mass is 10.0. The van der Waals surface area contributed by atoms with E-state index in [0.717, 1.165) is 16.7 Å². The number of hydrogen-bond acceptors (Lipinski definition) is 3. The van der Waals surface area contributed by atoms with E-state index in [4.69, 9.17) is 5.11 Å². The normalized spacial score (nSPS) is 16.2. The zero-order valence-electron chi connectivity index (χ0n) is 11.9. The quantitative estimate of drug-likeness (QED) is 0.899. The Morgan fingerprint density at radius 3 is 2.15 bits per heavy atom. The third-order valence-electron chi connectivity index (χ3n) is 3.71. The van der Waals surface area contributed by atoms with Gasteiger partial charge in [0.15, 0.2) is 0 Å². The summed E-state index contributed by atoms with van der Waals surface area (Å²) in [7, 11) is 0. The van der Waals surface area contributed by atoms with Gasteiger partial charge in [0.25, 0.3) is 5.91 Å². The van der Waals surface area contributed by atoms with Crippen molar-refractivity contribution in [2.24, 2.45) is 0 Å². The summed E-state index contributed by atoms with van der Waals surface area (Å²) in [5.74, 6) is -0.768. The van der Waals surface area contributed by atoms with E-state index in [9.17, 15) is 9.59 Å². The number of hydrogen-bond donors (Lipinski definition) is 1. The zero-order valence-corrected chi connectivity index (χ0v) is 11.9. The molecular weight excluding hydrogens is 256 g/mol. The van der Waals surface area contributed by atoms with Gasteiger partial charge in [0.05, 0.1) is 6.54 Å². The maximum Gasteiger partial charge on any atom is 0.317 e. The van der Waals surface area contributed by atoms with Crippen LogP contribution in [0, 0.1) is 13.8 Å². The van der Waals surface area contributed by atoms with Gasteiger partial charge in [0, 0.05) is 31.7 Å². The van der Waals surface area contributed by atoms with Crippen molar-refractivity contribution in [2.75, 3.05) is 32.7 Å². The fraction of sp³-hybridized carbons (Fsp3) is 0.467. The SMILES string of the molecule is Cc1cccc(C)c1C(=O)N1CCN(CC(=O)O)CC1. The average molecular weight is 276 g/mol. The predicted octanol–water partition coefficient (Wildman–Crippen LogP) is 1.15. The predicted molar refractivity (Wildman–Crippen MR) is 75.9 cm³/mol. The van der Waals surface area contributed by atoms with Crippen LogP contribution < -0.4 is 0 Å². The zero-order chi connectivity index (χ0) is 14.7. The van der Waals surface area contributed by atoms with Crippen LogP contribution in [-0.4, -0.2) is 59.5 Å². The molecule has 1 N–H and O–H groups in total. The van der Waals surface area contributed by atoms with Crippen molar-refractivity contribution in [2.45, 2.75) is 13.8 Å². The maximum absolute atomic E-state index is 12.6. The van der Waals surface area contributed by atoms with Gasteiger partial charge >= 0.3 is 5.97 Å². The summed E-state index contributed by atoms with van der Waals surface area (Å²) in [5.41, 5.74) is 2.75. The number of carbonyl (C=O) groups is 2. The highest BCUT2D eigenvalue weighted by atomic mass is 16.4. The van der Waals surface area contributed by atoms with Crippen molar-refractivity contribution in [3.63, 3.8) is 0 Å². The highest BCUT2D eigenvalue weighted by molar-refractivity contribution is 5.97. The van der Waals surface area contributed by atoms with Crippen molar-refractivity contribution in [3.05, 3.63) is 34.9 Å². The molecule has 1 heterocycles. The Labute approximate surface area is 118 Å². The van der Waals surface area contributed by atoms with Crippen LogP contribution >= 0.6 is 0 Å². The van der Waals surface area contributed by atoms with Crippen molar-refractivity contribution in [1.82, 2.24) is 9.80 Å². The Bertz CT molecular complexity index is 500. The van der Waals surface area contributed by atoms with Crippen LogP contribution in [0.4, 0.5) is 0 Å². The molecule has 1 aromatic carbocycles. The van der Waals surface area contributed by atoms with E-state index >= 15 is 0 Å². The minimum Gasteiger partial charge on any atom is -0.480 e. The van der Waals surface area contributed by atoms with E-state index in [1.54, 1.807) is 0 Å². The van der Waals surface area contributed by atoms with Gasteiger partial charge in [-0.1, -0.05) is 18.2 Å². The molecule has 5 nitrogen and oxygen atoms in total. The van der Waals surface area contributed by atoms with Gasteiger partial charge in [-0.25, -0.2) is 0 Å². The van der Waals surface area contributed by atoms with Gasteiger partial charge in [-0.15, -0.1) is 0 Å². The van der Waals surface area contributed by atoms with E-state index < -0.39 is 5.97 Å². The van der Waals surface area contributed by atoms with Gasteiger partial charge in [-0.3, -0.25) is 14.5 Å². The molecule has 108 valence electrons. The van der Waals surface area contributed by atoms with Crippen LogP contribution in [0.3, 0.4) is 0 Å². The summed E-state index contributed by atoms with van der Waals surface area (Å²) in [4.78, 5) is 26.9. The second-order valence-corrected chi connectivity index (χ2v) is 5.23. The maximum atomic E-state index is 12.6. The van der Waals surface area contributed by atoms with Crippen molar-refractivity contribution < 1.29 is 14.7 Å². The number of aliphatic carboxylic acids is 1. The summed E-state index contributed by atoms with van der Waals surface area (Å²) in [6, 6.07) is 5.84.